The number of nitrogens with two attached hydrogens (primary N) is 1. The smallest absolute Gasteiger partial charge is 0.417 e. The quantitative estimate of drug-likeness (QED) is 0.373. The average molecular weight is 477 g/mol. The molecule has 5 atom stereocenters. The second-order valence-corrected chi connectivity index (χ2v) is 8.24. The maximum atomic E-state index is 12.2. The number of hydrogen-bond donors (Lipinski definition) is 2. The molecule has 0 spiro atoms. The number of para-hydroxylation sites is 1. The highest BCUT2D eigenvalue weighted by Crippen LogP contribution is 2.47. The molecule has 5 rings (SSSR count). The summed E-state index contributed by atoms with van der Waals surface area (Å²) in [7, 11) is -0.629. The predicted octanol–water partition coefficient (Wildman–Crippen LogP) is 1.50. The van der Waals surface area contributed by atoms with Crippen molar-refractivity contribution < 1.29 is 37.7 Å². The minimum absolute atomic E-state index is 0.0460. The third-order valence-corrected chi connectivity index (χ3v) is 6.12. The van der Waals surface area contributed by atoms with Crippen LogP contribution in [0.5, 0.6) is 5.75 Å². The highest BCUT2D eigenvalue weighted by Gasteiger charge is 2.41. The molecule has 3 aromatic rings. The van der Waals surface area contributed by atoms with Crippen molar-refractivity contribution in [3.63, 3.8) is 0 Å². The minimum atomic E-state index is -1.94. The number of anilines is 1. The molecule has 4 heterocycles. The number of carbonyl (C=O) groups is 1. The fraction of sp³-hybridized carbons (Fsp3) is 0.368. The van der Waals surface area contributed by atoms with E-state index in [1.807, 2.05) is 0 Å². The van der Waals surface area contributed by atoms with Gasteiger partial charge in [-0.05, 0) is 12.1 Å². The Bertz CT molecular complexity index is 1160. The Morgan fingerprint density at radius 1 is 1.30 bits per heavy atom. The first-order valence-electron chi connectivity index (χ1n) is 9.90. The lowest BCUT2D eigenvalue weighted by Gasteiger charge is -2.23. The van der Waals surface area contributed by atoms with Crippen LogP contribution in [0.4, 0.5) is 5.82 Å². The van der Waals surface area contributed by atoms with E-state index in [-0.39, 0.29) is 12.4 Å². The van der Waals surface area contributed by atoms with Crippen LogP contribution in [-0.4, -0.2) is 63.0 Å². The molecule has 0 bridgehead atoms. The third-order valence-electron chi connectivity index (χ3n) is 5.10. The van der Waals surface area contributed by atoms with Gasteiger partial charge >= 0.3 is 14.6 Å². The molecule has 0 amide bonds. The Morgan fingerprint density at radius 3 is 3.00 bits per heavy atom. The van der Waals surface area contributed by atoms with E-state index in [1.54, 1.807) is 28.8 Å². The van der Waals surface area contributed by atoms with Crippen LogP contribution >= 0.6 is 8.60 Å². The number of imidazole rings is 1. The Morgan fingerprint density at radius 2 is 2.15 bits per heavy atom. The summed E-state index contributed by atoms with van der Waals surface area (Å²) in [6, 6.07) is 6.76. The van der Waals surface area contributed by atoms with Gasteiger partial charge in [0.25, 0.3) is 6.48 Å². The van der Waals surface area contributed by atoms with Gasteiger partial charge in [-0.2, -0.15) is 0 Å². The molecular weight excluding hydrogens is 457 g/mol. The van der Waals surface area contributed by atoms with Gasteiger partial charge in [-0.3, -0.25) is 9.09 Å². The Balaban J connectivity index is 1.30. The average Bonchev–Trinajstić information content (AvgIpc) is 3.42. The van der Waals surface area contributed by atoms with Gasteiger partial charge in [0.2, 0.25) is 0 Å². The second kappa shape index (κ2) is 9.14. The Kier molecular flexibility index (Phi) is 6.06. The van der Waals surface area contributed by atoms with Gasteiger partial charge in [-0.15, -0.1) is 0 Å². The Hall–Kier alpha value is -2.93. The summed E-state index contributed by atoms with van der Waals surface area (Å²) < 4.78 is 34.7. The first kappa shape index (κ1) is 21.9. The summed E-state index contributed by atoms with van der Waals surface area (Å²) in [4.78, 5) is 24.6. The van der Waals surface area contributed by atoms with E-state index in [1.165, 1.54) is 19.8 Å². The minimum Gasteiger partial charge on any atom is -0.417 e. The van der Waals surface area contributed by atoms with E-state index >= 15 is 0 Å². The van der Waals surface area contributed by atoms with E-state index in [0.717, 1.165) is 0 Å². The van der Waals surface area contributed by atoms with Crippen LogP contribution in [0.15, 0.2) is 36.9 Å². The lowest BCUT2D eigenvalue weighted by molar-refractivity contribution is -0.279. The normalized spacial score (nSPS) is 25.5. The lowest BCUT2D eigenvalue weighted by atomic mass is 10.2. The molecule has 2 unspecified atom stereocenters. The zero-order valence-electron chi connectivity index (χ0n) is 17.3. The molecule has 174 valence electrons. The number of rotatable bonds is 7. The molecule has 2 aliphatic rings. The van der Waals surface area contributed by atoms with Crippen molar-refractivity contribution in [3.8, 4) is 5.75 Å². The highest BCUT2D eigenvalue weighted by molar-refractivity contribution is 7.43. The first-order valence-corrected chi connectivity index (χ1v) is 11.0. The van der Waals surface area contributed by atoms with E-state index < -0.39 is 39.5 Å². The molecular formula is C19H20N5O8P. The van der Waals surface area contributed by atoms with Gasteiger partial charge < -0.3 is 34.1 Å². The van der Waals surface area contributed by atoms with Crippen LogP contribution in [0.25, 0.3) is 11.2 Å². The number of methoxy groups -OCH3 is 1. The standard InChI is InChI=1S/C19H20N5O8P/c1-27-19(26)30-13-6-10(7-28-33-31-12-5-3-2-4-11(12)18(25)32-33)29-17(13)24-9-23-14-15(20)21-8-22-16(14)24/h2-5,8-10,13,17,19,26H,6-7H2,1H3,(H2,20,21,22)/t10-,13-,17+,19?,33?/m0/s1. The van der Waals surface area contributed by atoms with Crippen LogP contribution < -0.4 is 10.3 Å². The van der Waals surface area contributed by atoms with Crippen molar-refractivity contribution in [1.82, 2.24) is 19.5 Å². The first-order chi connectivity index (χ1) is 16.0. The molecule has 0 saturated carbocycles. The van der Waals surface area contributed by atoms with Crippen molar-refractivity contribution >= 4 is 31.6 Å². The molecule has 1 saturated heterocycles. The molecule has 3 N–H and O–H groups in total. The Labute approximate surface area is 188 Å². The number of benzene rings is 1. The fourth-order valence-corrected chi connectivity index (χ4v) is 4.56. The zero-order valence-corrected chi connectivity index (χ0v) is 18.2. The molecule has 1 aromatic carbocycles. The summed E-state index contributed by atoms with van der Waals surface area (Å²) in [5.74, 6) is 0.113. The zero-order chi connectivity index (χ0) is 22.9. The van der Waals surface area contributed by atoms with Gasteiger partial charge in [0.15, 0.2) is 17.7 Å². The highest BCUT2D eigenvalue weighted by atomic mass is 31.2. The maximum absolute atomic E-state index is 12.2. The lowest BCUT2D eigenvalue weighted by Crippen LogP contribution is -2.28. The molecule has 2 aromatic heterocycles. The SMILES string of the molecule is COC(O)O[C@H]1C[C@@H](COP2OC(=O)c3ccccc3O2)O[C@H]1n1cnc2c(N)ncnc21. The number of aliphatic hydroxyl groups is 1. The number of nitrogen functional groups attached to an aromatic ring is 1. The molecule has 0 radical (unpaired) electrons. The number of aromatic nitrogens is 4. The van der Waals surface area contributed by atoms with E-state index in [0.29, 0.717) is 28.9 Å². The number of carbonyl (C=O) groups excluding carboxylic acids is 1. The molecule has 1 fully saturated rings. The number of nitrogens with zero attached hydrogens (tertiary/aromatic N) is 4. The monoisotopic (exact) mass is 477 g/mol. The van der Waals surface area contributed by atoms with E-state index in [9.17, 15) is 9.90 Å². The van der Waals surface area contributed by atoms with E-state index in [2.05, 4.69) is 15.0 Å². The molecule has 33 heavy (non-hydrogen) atoms. The molecule has 14 heteroatoms. The van der Waals surface area contributed by atoms with E-state index in [4.69, 9.17) is 33.5 Å². The van der Waals surface area contributed by atoms with Gasteiger partial charge in [0, 0.05) is 13.5 Å². The summed E-state index contributed by atoms with van der Waals surface area (Å²) in [6.07, 6.45) is 1.32. The number of hydrogen-bond acceptors (Lipinski definition) is 12. The van der Waals surface area contributed by atoms with Gasteiger partial charge in [-0.1, -0.05) is 12.1 Å². The van der Waals surface area contributed by atoms with Crippen molar-refractivity contribution in [2.24, 2.45) is 0 Å². The van der Waals surface area contributed by atoms with Crippen molar-refractivity contribution in [2.45, 2.75) is 31.3 Å². The maximum Gasteiger partial charge on any atom is 0.465 e. The van der Waals surface area contributed by atoms with Crippen LogP contribution in [-0.2, 0) is 23.3 Å². The topological polar surface area (TPSA) is 162 Å². The van der Waals surface area contributed by atoms with Gasteiger partial charge in [0.1, 0.15) is 29.3 Å². The number of ether oxygens (including phenoxy) is 3. The second-order valence-electron chi connectivity index (χ2n) is 7.17. The third kappa shape index (κ3) is 4.34. The van der Waals surface area contributed by atoms with Crippen molar-refractivity contribution in [2.75, 3.05) is 19.5 Å². The van der Waals surface area contributed by atoms with Crippen molar-refractivity contribution in [1.29, 1.82) is 0 Å². The predicted molar refractivity (Wildman–Crippen MR) is 112 cm³/mol. The van der Waals surface area contributed by atoms with Gasteiger partial charge in [0.05, 0.1) is 19.0 Å². The number of aliphatic hydroxyl groups excluding tert-OH is 1. The van der Waals surface area contributed by atoms with Crippen LogP contribution in [0.3, 0.4) is 0 Å². The van der Waals surface area contributed by atoms with Crippen molar-refractivity contribution in [3.05, 3.63) is 42.5 Å². The van der Waals surface area contributed by atoms with Crippen LogP contribution in [0, 0.1) is 0 Å². The summed E-state index contributed by atoms with van der Waals surface area (Å²) >= 11 is 0. The largest absolute Gasteiger partial charge is 0.465 e. The number of fused-ring (bicyclic) bond motifs is 2. The molecule has 0 aliphatic carbocycles. The fourth-order valence-electron chi connectivity index (χ4n) is 3.58. The summed E-state index contributed by atoms with van der Waals surface area (Å²) in [5, 5.41) is 9.86. The summed E-state index contributed by atoms with van der Waals surface area (Å²) in [5.41, 5.74) is 7.07. The molecule has 2 aliphatic heterocycles. The van der Waals surface area contributed by atoms with Gasteiger partial charge in [-0.25, -0.2) is 19.7 Å². The van der Waals surface area contributed by atoms with Crippen LogP contribution in [0.1, 0.15) is 23.0 Å². The van der Waals surface area contributed by atoms with Crippen LogP contribution in [0.2, 0.25) is 0 Å². The summed E-state index contributed by atoms with van der Waals surface area (Å²) in [6.45, 7) is -1.41. The molecule has 13 nitrogen and oxygen atoms in total.